The fraction of sp³-hybridized carbons (Fsp3) is 0.172. The normalized spacial score (nSPS) is 10.6. The molecule has 7 heteroatoms. The summed E-state index contributed by atoms with van der Waals surface area (Å²) in [6.45, 7) is 2.87. The first-order valence-electron chi connectivity index (χ1n) is 11.6. The Morgan fingerprint density at radius 1 is 0.833 bits per heavy atom. The van der Waals surface area contributed by atoms with Crippen molar-refractivity contribution in [2.75, 3.05) is 17.8 Å². The van der Waals surface area contributed by atoms with Crippen LogP contribution in [-0.4, -0.2) is 28.4 Å². The standard InChI is InChI=1S/C29H29N3O2S2/c1-21-17-26(35-2)27(28(30-21)36-3)31-29(33)32(19-22-11-6-4-7-12-22)20-23-13-10-16-25(18-23)34-24-14-8-5-9-15-24/h4-18H,19-20H2,1-3H3,(H,31,33). The number of anilines is 1. The number of rotatable bonds is 9. The van der Waals surface area contributed by atoms with Gasteiger partial charge < -0.3 is 15.0 Å². The Labute approximate surface area is 221 Å². The molecule has 0 unspecified atom stereocenters. The fourth-order valence-electron chi connectivity index (χ4n) is 3.78. The highest BCUT2D eigenvalue weighted by atomic mass is 32.2. The third-order valence-corrected chi connectivity index (χ3v) is 6.92. The number of pyridine rings is 1. The molecule has 3 aromatic carbocycles. The Morgan fingerprint density at radius 2 is 1.47 bits per heavy atom. The lowest BCUT2D eigenvalue weighted by Gasteiger charge is -2.25. The Kier molecular flexibility index (Phi) is 8.92. The Balaban J connectivity index is 1.59. The molecule has 0 aliphatic carbocycles. The van der Waals surface area contributed by atoms with Crippen LogP contribution in [0.1, 0.15) is 16.8 Å². The predicted molar refractivity (Wildman–Crippen MR) is 150 cm³/mol. The maximum absolute atomic E-state index is 13.7. The molecule has 0 bridgehead atoms. The Morgan fingerprint density at radius 3 is 2.17 bits per heavy atom. The fourth-order valence-corrected chi connectivity index (χ4v) is 5.09. The third-order valence-electron chi connectivity index (χ3n) is 5.48. The number of amides is 2. The van der Waals surface area contributed by atoms with Gasteiger partial charge in [-0.05, 0) is 60.9 Å². The van der Waals surface area contributed by atoms with Crippen molar-refractivity contribution in [2.24, 2.45) is 0 Å². The van der Waals surface area contributed by atoms with Crippen LogP contribution in [0.25, 0.3) is 0 Å². The summed E-state index contributed by atoms with van der Waals surface area (Å²) in [5.74, 6) is 1.51. The average Bonchev–Trinajstić information content (AvgIpc) is 2.90. The molecule has 36 heavy (non-hydrogen) atoms. The number of hydrogen-bond donors (Lipinski definition) is 1. The number of para-hydroxylation sites is 1. The molecular formula is C29H29N3O2S2. The largest absolute Gasteiger partial charge is 0.457 e. The van der Waals surface area contributed by atoms with Gasteiger partial charge in [0.15, 0.2) is 0 Å². The van der Waals surface area contributed by atoms with Crippen LogP contribution in [-0.2, 0) is 13.1 Å². The van der Waals surface area contributed by atoms with Gasteiger partial charge in [-0.25, -0.2) is 9.78 Å². The number of hydrogen-bond acceptors (Lipinski definition) is 5. The highest BCUT2D eigenvalue weighted by molar-refractivity contribution is 7.99. The van der Waals surface area contributed by atoms with Gasteiger partial charge in [0.2, 0.25) is 0 Å². The van der Waals surface area contributed by atoms with E-state index >= 15 is 0 Å². The molecule has 0 spiro atoms. The smallest absolute Gasteiger partial charge is 0.322 e. The van der Waals surface area contributed by atoms with Gasteiger partial charge in [0, 0.05) is 23.7 Å². The van der Waals surface area contributed by atoms with Crippen molar-refractivity contribution in [3.8, 4) is 11.5 Å². The molecule has 0 aliphatic rings. The van der Waals surface area contributed by atoms with Crippen LogP contribution >= 0.6 is 23.5 Å². The quantitative estimate of drug-likeness (QED) is 0.230. The first-order valence-corrected chi connectivity index (χ1v) is 14.0. The number of carbonyl (C=O) groups is 1. The van der Waals surface area contributed by atoms with Gasteiger partial charge in [-0.1, -0.05) is 60.7 Å². The van der Waals surface area contributed by atoms with Crippen molar-refractivity contribution >= 4 is 35.2 Å². The van der Waals surface area contributed by atoms with E-state index in [1.807, 2.05) is 115 Å². The minimum atomic E-state index is -0.176. The van der Waals surface area contributed by atoms with E-state index in [9.17, 15) is 4.79 Å². The molecule has 1 aromatic heterocycles. The van der Waals surface area contributed by atoms with Gasteiger partial charge in [0.1, 0.15) is 16.5 Å². The molecule has 4 aromatic rings. The number of ether oxygens (including phenoxy) is 1. The lowest BCUT2D eigenvalue weighted by molar-refractivity contribution is 0.206. The van der Waals surface area contributed by atoms with E-state index in [2.05, 4.69) is 10.3 Å². The summed E-state index contributed by atoms with van der Waals surface area (Å²) in [5, 5.41) is 3.97. The van der Waals surface area contributed by atoms with Crippen molar-refractivity contribution in [1.29, 1.82) is 0 Å². The molecule has 184 valence electrons. The topological polar surface area (TPSA) is 54.5 Å². The van der Waals surface area contributed by atoms with Crippen molar-refractivity contribution < 1.29 is 9.53 Å². The number of benzene rings is 3. The second kappa shape index (κ2) is 12.5. The molecule has 0 aliphatic heterocycles. The Bertz CT molecular complexity index is 1280. The zero-order valence-electron chi connectivity index (χ0n) is 20.6. The summed E-state index contributed by atoms with van der Waals surface area (Å²) in [4.78, 5) is 21.1. The minimum absolute atomic E-state index is 0.176. The lowest BCUT2D eigenvalue weighted by Crippen LogP contribution is -2.34. The van der Waals surface area contributed by atoms with E-state index < -0.39 is 0 Å². The van der Waals surface area contributed by atoms with Crippen LogP contribution in [0, 0.1) is 6.92 Å². The molecule has 0 atom stereocenters. The van der Waals surface area contributed by atoms with E-state index in [1.165, 1.54) is 11.8 Å². The zero-order valence-corrected chi connectivity index (χ0v) is 22.2. The molecule has 0 saturated carbocycles. The van der Waals surface area contributed by atoms with Crippen LogP contribution in [0.2, 0.25) is 0 Å². The van der Waals surface area contributed by atoms with E-state index in [-0.39, 0.29) is 6.03 Å². The second-order valence-electron chi connectivity index (χ2n) is 8.18. The van der Waals surface area contributed by atoms with Crippen LogP contribution < -0.4 is 10.1 Å². The first-order chi connectivity index (χ1) is 17.6. The summed E-state index contributed by atoms with van der Waals surface area (Å²) >= 11 is 3.13. The van der Waals surface area contributed by atoms with E-state index in [1.54, 1.807) is 11.8 Å². The van der Waals surface area contributed by atoms with Crippen LogP contribution in [0.15, 0.2) is 101 Å². The number of carbonyl (C=O) groups excluding carboxylic acids is 1. The molecule has 4 rings (SSSR count). The number of nitrogens with zero attached hydrogens (tertiary/aromatic N) is 2. The molecule has 1 N–H and O–H groups in total. The van der Waals surface area contributed by atoms with Crippen molar-refractivity contribution in [2.45, 2.75) is 29.9 Å². The average molecular weight is 516 g/mol. The van der Waals surface area contributed by atoms with Crippen molar-refractivity contribution in [3.05, 3.63) is 108 Å². The van der Waals surface area contributed by atoms with Crippen molar-refractivity contribution in [3.63, 3.8) is 0 Å². The maximum atomic E-state index is 13.7. The molecule has 1 heterocycles. The highest BCUT2D eigenvalue weighted by Gasteiger charge is 2.19. The van der Waals surface area contributed by atoms with E-state index in [4.69, 9.17) is 4.74 Å². The number of nitrogens with one attached hydrogen (secondary N) is 1. The van der Waals surface area contributed by atoms with Crippen LogP contribution in [0.4, 0.5) is 10.5 Å². The number of aryl methyl sites for hydroxylation is 1. The predicted octanol–water partition coefficient (Wildman–Crippen LogP) is 7.86. The minimum Gasteiger partial charge on any atom is -0.457 e. The summed E-state index contributed by atoms with van der Waals surface area (Å²) in [5.41, 5.74) is 3.72. The number of aromatic nitrogens is 1. The van der Waals surface area contributed by atoms with Gasteiger partial charge in [0.05, 0.1) is 5.69 Å². The van der Waals surface area contributed by atoms with Crippen LogP contribution in [0.3, 0.4) is 0 Å². The van der Waals surface area contributed by atoms with Gasteiger partial charge in [0.25, 0.3) is 0 Å². The summed E-state index contributed by atoms with van der Waals surface area (Å²) in [6, 6.07) is 29.4. The van der Waals surface area contributed by atoms with Crippen LogP contribution in [0.5, 0.6) is 11.5 Å². The second-order valence-corrected chi connectivity index (χ2v) is 9.83. The summed E-state index contributed by atoms with van der Waals surface area (Å²) < 4.78 is 6.01. The first kappa shape index (κ1) is 25.7. The number of thioether (sulfide) groups is 2. The Hall–Kier alpha value is -3.42. The van der Waals surface area contributed by atoms with Crippen molar-refractivity contribution in [1.82, 2.24) is 9.88 Å². The molecule has 0 fully saturated rings. The molecule has 5 nitrogen and oxygen atoms in total. The molecule has 2 amide bonds. The van der Waals surface area contributed by atoms with Gasteiger partial charge in [-0.3, -0.25) is 0 Å². The molecular weight excluding hydrogens is 486 g/mol. The zero-order chi connectivity index (χ0) is 25.3. The van der Waals surface area contributed by atoms with Gasteiger partial charge >= 0.3 is 6.03 Å². The highest BCUT2D eigenvalue weighted by Crippen LogP contribution is 2.34. The molecule has 0 radical (unpaired) electrons. The summed E-state index contributed by atoms with van der Waals surface area (Å²) in [6.07, 6.45) is 3.98. The van der Waals surface area contributed by atoms with Gasteiger partial charge in [-0.15, -0.1) is 23.5 Å². The SMILES string of the molecule is CSc1cc(C)nc(SC)c1NC(=O)N(Cc1ccccc1)Cc1cccc(Oc2ccccc2)c1. The summed E-state index contributed by atoms with van der Waals surface area (Å²) in [7, 11) is 0. The number of urea groups is 1. The monoisotopic (exact) mass is 515 g/mol. The maximum Gasteiger partial charge on any atom is 0.322 e. The molecule has 0 saturated heterocycles. The van der Waals surface area contributed by atoms with E-state index in [0.717, 1.165) is 43.9 Å². The lowest BCUT2D eigenvalue weighted by atomic mass is 10.1. The van der Waals surface area contributed by atoms with E-state index in [0.29, 0.717) is 13.1 Å². The van der Waals surface area contributed by atoms with Gasteiger partial charge in [-0.2, -0.15) is 0 Å². The third kappa shape index (κ3) is 6.83.